The van der Waals surface area contributed by atoms with Gasteiger partial charge in [-0.25, -0.2) is 0 Å². The number of benzene rings is 4. The van der Waals surface area contributed by atoms with Crippen LogP contribution in [0.15, 0.2) is 97.1 Å². The molecule has 0 aliphatic carbocycles. The Balaban J connectivity index is 1.17. The largest absolute Gasteiger partial charge is 0.356 e. The van der Waals surface area contributed by atoms with Crippen LogP contribution >= 0.6 is 0 Å². The van der Waals surface area contributed by atoms with Crippen LogP contribution in [0.1, 0.15) is 115 Å². The first-order valence-corrected chi connectivity index (χ1v) is 17.7. The van der Waals surface area contributed by atoms with E-state index in [2.05, 4.69) is 122 Å². The van der Waals surface area contributed by atoms with Gasteiger partial charge in [-0.2, -0.15) is 0 Å². The van der Waals surface area contributed by atoms with Gasteiger partial charge in [-0.05, 0) is 96.5 Å². The molecular weight excluding hydrogens is 532 g/mol. The lowest BCUT2D eigenvalue weighted by Crippen LogP contribution is -1.92. The molecule has 0 amide bonds. The Morgan fingerprint density at radius 3 is 0.909 bits per heavy atom. The molecule has 4 aromatic rings. The molecular formula is C42H56N2. The summed E-state index contributed by atoms with van der Waals surface area (Å²) >= 11 is 0. The molecule has 0 heterocycles. The lowest BCUT2D eigenvalue weighted by molar-refractivity contribution is 0.589. The molecule has 0 saturated heterocycles. The van der Waals surface area contributed by atoms with Crippen LogP contribution in [0.2, 0.25) is 0 Å². The zero-order chi connectivity index (χ0) is 30.7. The normalized spacial score (nSPS) is 11.0. The molecule has 2 N–H and O–H groups in total. The summed E-state index contributed by atoms with van der Waals surface area (Å²) in [5, 5.41) is 7.12. The SMILES string of the molecule is CCCCCCCCCc1ccc(Nc2ccc(-c3ccc(Nc4ccc(CCCCCCCCC)cc4)cc3)cc2)cc1. The Morgan fingerprint density at radius 2 is 0.591 bits per heavy atom. The highest BCUT2D eigenvalue weighted by molar-refractivity contribution is 5.71. The molecule has 0 radical (unpaired) electrons. The molecule has 0 aromatic heterocycles. The fourth-order valence-electron chi connectivity index (χ4n) is 5.91. The quantitative estimate of drug-likeness (QED) is 0.0946. The van der Waals surface area contributed by atoms with Gasteiger partial charge in [0.1, 0.15) is 0 Å². The maximum atomic E-state index is 3.56. The molecule has 0 saturated carbocycles. The van der Waals surface area contributed by atoms with Crippen molar-refractivity contribution in [1.82, 2.24) is 0 Å². The number of aryl methyl sites for hydroxylation is 2. The van der Waals surface area contributed by atoms with E-state index in [1.807, 2.05) is 0 Å². The molecule has 2 heteroatoms. The monoisotopic (exact) mass is 588 g/mol. The Bertz CT molecular complexity index is 1180. The second kappa shape index (κ2) is 19.7. The highest BCUT2D eigenvalue weighted by atomic mass is 14.9. The molecule has 0 bridgehead atoms. The lowest BCUT2D eigenvalue weighted by Gasteiger charge is -2.11. The van der Waals surface area contributed by atoms with Gasteiger partial charge in [0, 0.05) is 22.7 Å². The van der Waals surface area contributed by atoms with E-state index in [0.717, 1.165) is 22.7 Å². The third kappa shape index (κ3) is 12.2. The second-order valence-electron chi connectivity index (χ2n) is 12.5. The van der Waals surface area contributed by atoms with Gasteiger partial charge in [0.25, 0.3) is 0 Å². The van der Waals surface area contributed by atoms with E-state index in [-0.39, 0.29) is 0 Å². The molecule has 0 atom stereocenters. The van der Waals surface area contributed by atoms with Crippen LogP contribution in [0.3, 0.4) is 0 Å². The summed E-state index contributed by atoms with van der Waals surface area (Å²) in [5.74, 6) is 0. The van der Waals surface area contributed by atoms with Crippen molar-refractivity contribution in [3.05, 3.63) is 108 Å². The number of unbranched alkanes of at least 4 members (excludes halogenated alkanes) is 12. The minimum atomic E-state index is 1.11. The smallest absolute Gasteiger partial charge is 0.0384 e. The highest BCUT2D eigenvalue weighted by Gasteiger charge is 2.02. The summed E-state index contributed by atoms with van der Waals surface area (Å²) in [6.07, 6.45) is 21.4. The predicted octanol–water partition coefficient (Wildman–Crippen LogP) is 13.4. The van der Waals surface area contributed by atoms with Crippen molar-refractivity contribution in [2.75, 3.05) is 10.6 Å². The number of nitrogens with one attached hydrogen (secondary N) is 2. The van der Waals surface area contributed by atoms with Crippen LogP contribution in [-0.4, -0.2) is 0 Å². The minimum Gasteiger partial charge on any atom is -0.356 e. The molecule has 234 valence electrons. The summed E-state index contributed by atoms with van der Waals surface area (Å²) < 4.78 is 0. The van der Waals surface area contributed by atoms with Gasteiger partial charge in [-0.3, -0.25) is 0 Å². The Kier molecular flexibility index (Phi) is 14.9. The first kappa shape index (κ1) is 33.4. The van der Waals surface area contributed by atoms with Gasteiger partial charge in [0.05, 0.1) is 0 Å². The standard InChI is InChI=1S/C42H56N2/c1-3-5-7-9-11-13-15-17-35-19-27-39(28-20-35)43-41-31-23-37(24-32-41)38-25-33-42(34-26-38)44-40-29-21-36(22-30-40)18-16-14-12-10-8-6-4-2/h19-34,43-44H,3-18H2,1-2H3. The Hall–Kier alpha value is -3.52. The van der Waals surface area contributed by atoms with Crippen LogP contribution in [0.5, 0.6) is 0 Å². The fourth-order valence-corrected chi connectivity index (χ4v) is 5.91. The average molecular weight is 589 g/mol. The Labute approximate surface area is 268 Å². The number of hydrogen-bond acceptors (Lipinski definition) is 2. The van der Waals surface area contributed by atoms with Gasteiger partial charge in [0.2, 0.25) is 0 Å². The topological polar surface area (TPSA) is 24.1 Å². The molecule has 44 heavy (non-hydrogen) atoms. The van der Waals surface area contributed by atoms with Gasteiger partial charge < -0.3 is 10.6 Å². The van der Waals surface area contributed by atoms with Crippen LogP contribution in [0.25, 0.3) is 11.1 Å². The van der Waals surface area contributed by atoms with Gasteiger partial charge in [-0.15, -0.1) is 0 Å². The zero-order valence-corrected chi connectivity index (χ0v) is 27.6. The molecule has 4 aromatic carbocycles. The summed E-state index contributed by atoms with van der Waals surface area (Å²) in [5.41, 5.74) is 9.83. The lowest BCUT2D eigenvalue weighted by atomic mass is 10.0. The number of rotatable bonds is 21. The van der Waals surface area contributed by atoms with Gasteiger partial charge in [0.15, 0.2) is 0 Å². The molecule has 0 aliphatic rings. The van der Waals surface area contributed by atoms with Crippen molar-refractivity contribution in [2.45, 2.75) is 117 Å². The van der Waals surface area contributed by atoms with E-state index in [0.29, 0.717) is 0 Å². The number of hydrogen-bond donors (Lipinski definition) is 2. The van der Waals surface area contributed by atoms with Crippen LogP contribution in [-0.2, 0) is 12.8 Å². The van der Waals surface area contributed by atoms with E-state index in [1.165, 1.54) is 125 Å². The molecule has 0 unspecified atom stereocenters. The third-order valence-electron chi connectivity index (χ3n) is 8.73. The predicted molar refractivity (Wildman–Crippen MR) is 195 cm³/mol. The van der Waals surface area contributed by atoms with E-state index < -0.39 is 0 Å². The first-order valence-electron chi connectivity index (χ1n) is 17.7. The third-order valence-corrected chi connectivity index (χ3v) is 8.73. The highest BCUT2D eigenvalue weighted by Crippen LogP contribution is 2.26. The van der Waals surface area contributed by atoms with Crippen molar-refractivity contribution in [1.29, 1.82) is 0 Å². The maximum Gasteiger partial charge on any atom is 0.0384 e. The van der Waals surface area contributed by atoms with Crippen molar-refractivity contribution in [3.8, 4) is 11.1 Å². The van der Waals surface area contributed by atoms with E-state index in [4.69, 9.17) is 0 Å². The molecule has 2 nitrogen and oxygen atoms in total. The van der Waals surface area contributed by atoms with Crippen molar-refractivity contribution < 1.29 is 0 Å². The minimum absolute atomic E-state index is 1.11. The molecule has 4 rings (SSSR count). The summed E-state index contributed by atoms with van der Waals surface area (Å²) in [6.45, 7) is 4.56. The molecule has 0 spiro atoms. The number of anilines is 4. The first-order chi connectivity index (χ1) is 21.7. The maximum absolute atomic E-state index is 3.56. The average Bonchev–Trinajstić information content (AvgIpc) is 3.06. The van der Waals surface area contributed by atoms with E-state index >= 15 is 0 Å². The summed E-state index contributed by atoms with van der Waals surface area (Å²) in [4.78, 5) is 0. The summed E-state index contributed by atoms with van der Waals surface area (Å²) in [6, 6.07) is 35.4. The molecule has 0 aliphatic heterocycles. The molecule has 0 fully saturated rings. The van der Waals surface area contributed by atoms with E-state index in [1.54, 1.807) is 0 Å². The van der Waals surface area contributed by atoms with Gasteiger partial charge >= 0.3 is 0 Å². The van der Waals surface area contributed by atoms with Crippen LogP contribution in [0.4, 0.5) is 22.7 Å². The second-order valence-corrected chi connectivity index (χ2v) is 12.5. The van der Waals surface area contributed by atoms with E-state index in [9.17, 15) is 0 Å². The van der Waals surface area contributed by atoms with Crippen molar-refractivity contribution >= 4 is 22.7 Å². The van der Waals surface area contributed by atoms with Crippen molar-refractivity contribution in [2.24, 2.45) is 0 Å². The van der Waals surface area contributed by atoms with Gasteiger partial charge in [-0.1, -0.05) is 139 Å². The fraction of sp³-hybridized carbons (Fsp3) is 0.429. The zero-order valence-electron chi connectivity index (χ0n) is 27.6. The van der Waals surface area contributed by atoms with Crippen molar-refractivity contribution in [3.63, 3.8) is 0 Å². The summed E-state index contributed by atoms with van der Waals surface area (Å²) in [7, 11) is 0. The Morgan fingerprint density at radius 1 is 0.318 bits per heavy atom. The van der Waals surface area contributed by atoms with Crippen LogP contribution in [0, 0.1) is 0 Å². The van der Waals surface area contributed by atoms with Crippen LogP contribution < -0.4 is 10.6 Å².